The van der Waals surface area contributed by atoms with Gasteiger partial charge in [-0.1, -0.05) is 119 Å². The van der Waals surface area contributed by atoms with Crippen molar-refractivity contribution in [2.75, 3.05) is 9.80 Å². The first-order valence-corrected chi connectivity index (χ1v) is 16.4. The van der Waals surface area contributed by atoms with E-state index in [2.05, 4.69) is 195 Å². The van der Waals surface area contributed by atoms with Crippen molar-refractivity contribution in [2.24, 2.45) is 0 Å². The molecule has 46 heavy (non-hydrogen) atoms. The van der Waals surface area contributed by atoms with Crippen LogP contribution in [0.4, 0.5) is 34.1 Å². The van der Waals surface area contributed by atoms with Crippen molar-refractivity contribution in [2.45, 2.75) is 51.4 Å². The summed E-state index contributed by atoms with van der Waals surface area (Å²) < 4.78 is 0. The maximum Gasteiger partial charge on any atom is 0.0502 e. The molecule has 0 bridgehead atoms. The molecule has 0 spiro atoms. The first-order valence-electron chi connectivity index (χ1n) is 16.4. The van der Waals surface area contributed by atoms with E-state index in [9.17, 15) is 0 Å². The number of hydrogen-bond donors (Lipinski definition) is 0. The van der Waals surface area contributed by atoms with Gasteiger partial charge < -0.3 is 9.80 Å². The molecule has 0 aromatic heterocycles. The lowest BCUT2D eigenvalue weighted by Gasteiger charge is -2.44. The summed E-state index contributed by atoms with van der Waals surface area (Å²) in [6, 6.07) is 56.9. The number of hydrogen-bond acceptors (Lipinski definition) is 2. The Labute approximate surface area is 274 Å². The molecule has 0 atom stereocenters. The normalized spacial score (nSPS) is 14.7. The van der Waals surface area contributed by atoms with Gasteiger partial charge in [-0.25, -0.2) is 0 Å². The Morgan fingerprint density at radius 1 is 0.391 bits per heavy atom. The fourth-order valence-corrected chi connectivity index (χ4v) is 7.14. The first kappa shape index (κ1) is 29.6. The van der Waals surface area contributed by atoms with Crippen LogP contribution in [-0.2, 0) is 10.8 Å². The number of fused-ring (bicyclic) bond motifs is 1. The van der Waals surface area contributed by atoms with Crippen LogP contribution in [0.2, 0.25) is 0 Å². The van der Waals surface area contributed by atoms with E-state index in [1.54, 1.807) is 0 Å². The zero-order chi connectivity index (χ0) is 31.7. The van der Waals surface area contributed by atoms with E-state index in [1.165, 1.54) is 46.5 Å². The average molecular weight is 599 g/mol. The molecule has 7 rings (SSSR count). The maximum atomic E-state index is 2.47. The Morgan fingerprint density at radius 2 is 0.804 bits per heavy atom. The van der Waals surface area contributed by atoms with Crippen LogP contribution in [0.15, 0.2) is 158 Å². The van der Waals surface area contributed by atoms with Crippen molar-refractivity contribution in [3.8, 4) is 11.1 Å². The van der Waals surface area contributed by atoms with Gasteiger partial charge >= 0.3 is 0 Å². The SMILES string of the molecule is CC1(C)CCC(C)(C)c2c(N(c3ccccc3)c3cccc(-c4cccc(N(c5ccccc5)c5ccccc5)c4)c3)cccc21. The Morgan fingerprint density at radius 3 is 1.33 bits per heavy atom. The fraction of sp³-hybridized carbons (Fsp3) is 0.182. The van der Waals surface area contributed by atoms with Crippen molar-refractivity contribution < 1.29 is 0 Å². The van der Waals surface area contributed by atoms with Gasteiger partial charge in [0.15, 0.2) is 0 Å². The predicted octanol–water partition coefficient (Wildman–Crippen LogP) is 12.6. The Kier molecular flexibility index (Phi) is 7.74. The smallest absolute Gasteiger partial charge is 0.0502 e. The zero-order valence-electron chi connectivity index (χ0n) is 27.3. The molecule has 0 unspecified atom stereocenters. The molecule has 0 saturated heterocycles. The lowest BCUT2D eigenvalue weighted by molar-refractivity contribution is 0.332. The number of rotatable bonds is 7. The first-order chi connectivity index (χ1) is 22.3. The lowest BCUT2D eigenvalue weighted by atomic mass is 9.62. The zero-order valence-corrected chi connectivity index (χ0v) is 27.3. The molecule has 228 valence electrons. The summed E-state index contributed by atoms with van der Waals surface area (Å²) in [4.78, 5) is 4.79. The van der Waals surface area contributed by atoms with Crippen LogP contribution in [0.3, 0.4) is 0 Å². The van der Waals surface area contributed by atoms with Gasteiger partial charge in [-0.05, 0) is 113 Å². The summed E-state index contributed by atoms with van der Waals surface area (Å²) in [6.45, 7) is 9.64. The molecule has 0 radical (unpaired) electrons. The largest absolute Gasteiger partial charge is 0.310 e. The van der Waals surface area contributed by atoms with Gasteiger partial charge in [0.1, 0.15) is 0 Å². The third-order valence-corrected chi connectivity index (χ3v) is 9.65. The monoisotopic (exact) mass is 598 g/mol. The minimum absolute atomic E-state index is 0.0682. The van der Waals surface area contributed by atoms with Crippen LogP contribution in [0.5, 0.6) is 0 Å². The highest BCUT2D eigenvalue weighted by molar-refractivity contribution is 5.84. The van der Waals surface area contributed by atoms with Crippen molar-refractivity contribution in [3.05, 3.63) is 169 Å². The summed E-state index contributed by atoms with van der Waals surface area (Å²) in [7, 11) is 0. The van der Waals surface area contributed by atoms with E-state index in [0.29, 0.717) is 0 Å². The molecule has 2 nitrogen and oxygen atoms in total. The van der Waals surface area contributed by atoms with Crippen molar-refractivity contribution in [3.63, 3.8) is 0 Å². The van der Waals surface area contributed by atoms with Gasteiger partial charge in [-0.2, -0.15) is 0 Å². The van der Waals surface area contributed by atoms with Gasteiger partial charge in [0.05, 0.1) is 5.69 Å². The number of benzene rings is 6. The molecule has 0 N–H and O–H groups in total. The van der Waals surface area contributed by atoms with Crippen LogP contribution in [0.1, 0.15) is 51.7 Å². The van der Waals surface area contributed by atoms with E-state index >= 15 is 0 Å². The minimum atomic E-state index is 0.0682. The second kappa shape index (κ2) is 12.0. The highest BCUT2D eigenvalue weighted by Gasteiger charge is 2.39. The van der Waals surface area contributed by atoms with Crippen LogP contribution >= 0.6 is 0 Å². The standard InChI is InChI=1S/C44H42N2/c1-43(2)29-30-44(3,4)42-40(43)27-16-28-41(42)46(37-23-12-7-13-24-37)39-26-15-18-34(32-39)33-17-14-25-38(31-33)45(35-19-8-5-9-20-35)36-21-10-6-11-22-36/h5-28,31-32H,29-30H2,1-4H3. The van der Waals surface area contributed by atoms with Crippen molar-refractivity contribution in [1.82, 2.24) is 0 Å². The topological polar surface area (TPSA) is 6.48 Å². The lowest BCUT2D eigenvalue weighted by Crippen LogP contribution is -2.35. The highest BCUT2D eigenvalue weighted by Crippen LogP contribution is 2.52. The summed E-state index contributed by atoms with van der Waals surface area (Å²) in [6.07, 6.45) is 2.36. The van der Waals surface area contributed by atoms with Gasteiger partial charge in [0, 0.05) is 28.4 Å². The van der Waals surface area contributed by atoms with Crippen LogP contribution in [0.25, 0.3) is 11.1 Å². The second-order valence-corrected chi connectivity index (χ2v) is 13.7. The summed E-state index contributed by atoms with van der Waals surface area (Å²) in [5, 5.41) is 0. The molecule has 0 saturated carbocycles. The third-order valence-electron chi connectivity index (χ3n) is 9.65. The summed E-state index contributed by atoms with van der Waals surface area (Å²) >= 11 is 0. The molecule has 0 amide bonds. The van der Waals surface area contributed by atoms with Crippen LogP contribution in [0, 0.1) is 0 Å². The quantitative estimate of drug-likeness (QED) is 0.180. The van der Waals surface area contributed by atoms with Gasteiger partial charge in [-0.15, -0.1) is 0 Å². The van der Waals surface area contributed by atoms with E-state index in [1.807, 2.05) is 0 Å². The Hall–Kier alpha value is -5.08. The van der Waals surface area contributed by atoms with E-state index in [0.717, 1.165) is 22.7 Å². The van der Waals surface area contributed by atoms with E-state index in [-0.39, 0.29) is 10.8 Å². The molecule has 6 aromatic rings. The van der Waals surface area contributed by atoms with Crippen molar-refractivity contribution >= 4 is 34.1 Å². The fourth-order valence-electron chi connectivity index (χ4n) is 7.14. The van der Waals surface area contributed by atoms with E-state index in [4.69, 9.17) is 0 Å². The number of nitrogens with zero attached hydrogens (tertiary/aromatic N) is 2. The molecular formula is C44H42N2. The van der Waals surface area contributed by atoms with Gasteiger partial charge in [0.2, 0.25) is 0 Å². The molecule has 1 aliphatic rings. The molecule has 0 fully saturated rings. The molecule has 2 heteroatoms. The summed E-state index contributed by atoms with van der Waals surface area (Å²) in [5.41, 5.74) is 12.5. The summed E-state index contributed by atoms with van der Waals surface area (Å²) in [5.74, 6) is 0. The predicted molar refractivity (Wildman–Crippen MR) is 197 cm³/mol. The Bertz CT molecular complexity index is 1900. The molecule has 0 heterocycles. The van der Waals surface area contributed by atoms with Gasteiger partial charge in [0.25, 0.3) is 0 Å². The number of para-hydroxylation sites is 3. The Balaban J connectivity index is 1.36. The second-order valence-electron chi connectivity index (χ2n) is 13.7. The van der Waals surface area contributed by atoms with Crippen LogP contribution < -0.4 is 9.80 Å². The van der Waals surface area contributed by atoms with Crippen LogP contribution in [-0.4, -0.2) is 0 Å². The van der Waals surface area contributed by atoms with E-state index < -0.39 is 0 Å². The molecule has 0 aliphatic heterocycles. The van der Waals surface area contributed by atoms with Crippen molar-refractivity contribution in [1.29, 1.82) is 0 Å². The average Bonchev–Trinajstić information content (AvgIpc) is 3.09. The molecule has 6 aromatic carbocycles. The number of anilines is 6. The third kappa shape index (κ3) is 5.61. The highest BCUT2D eigenvalue weighted by atomic mass is 15.1. The minimum Gasteiger partial charge on any atom is -0.310 e. The molecule has 1 aliphatic carbocycles. The molecular weight excluding hydrogens is 556 g/mol. The van der Waals surface area contributed by atoms with Gasteiger partial charge in [-0.3, -0.25) is 0 Å². The maximum absolute atomic E-state index is 2.47.